The molecule has 0 fully saturated rings. The summed E-state index contributed by atoms with van der Waals surface area (Å²) < 4.78 is 14.5. The Morgan fingerprint density at radius 3 is 2.50 bits per heavy atom. The number of fused-ring (bicyclic) bond motifs is 1. The number of aromatic amines is 1. The second kappa shape index (κ2) is 7.53. The van der Waals surface area contributed by atoms with E-state index in [1.165, 1.54) is 6.20 Å². The summed E-state index contributed by atoms with van der Waals surface area (Å²) in [6.07, 6.45) is 6.11. The van der Waals surface area contributed by atoms with Gasteiger partial charge in [-0.1, -0.05) is 11.6 Å². The van der Waals surface area contributed by atoms with Crippen LogP contribution in [0.4, 0.5) is 16.0 Å². The number of H-pyrrole nitrogens is 1. The first-order valence-electron chi connectivity index (χ1n) is 9.11. The van der Waals surface area contributed by atoms with Crippen LogP contribution in [-0.2, 0) is 0 Å². The molecule has 1 aromatic carbocycles. The Balaban J connectivity index is 1.65. The van der Waals surface area contributed by atoms with Crippen LogP contribution in [0.2, 0.25) is 5.02 Å². The summed E-state index contributed by atoms with van der Waals surface area (Å²) in [5.74, 6) is 0.0899. The summed E-state index contributed by atoms with van der Waals surface area (Å²) in [7, 11) is 0. The van der Waals surface area contributed by atoms with Gasteiger partial charge in [-0.25, -0.2) is 9.37 Å². The Labute approximate surface area is 175 Å². The van der Waals surface area contributed by atoms with E-state index in [0.29, 0.717) is 39.0 Å². The molecule has 6 nitrogen and oxygen atoms in total. The van der Waals surface area contributed by atoms with E-state index in [-0.39, 0.29) is 0 Å². The third-order valence-electron chi connectivity index (χ3n) is 4.58. The number of aromatic nitrogens is 5. The summed E-state index contributed by atoms with van der Waals surface area (Å²) in [4.78, 5) is 20.5. The number of pyridine rings is 3. The summed E-state index contributed by atoms with van der Waals surface area (Å²) in [5, 5.41) is 3.84. The zero-order valence-electron chi connectivity index (χ0n) is 15.5. The largest absolute Gasteiger partial charge is 0.326 e. The molecule has 0 atom stereocenters. The molecule has 2 N–H and O–H groups in total. The third kappa shape index (κ3) is 3.46. The van der Waals surface area contributed by atoms with Gasteiger partial charge in [-0.3, -0.25) is 9.97 Å². The molecule has 146 valence electrons. The van der Waals surface area contributed by atoms with Crippen molar-refractivity contribution >= 4 is 34.4 Å². The minimum Gasteiger partial charge on any atom is -0.326 e. The fraction of sp³-hybridized carbons (Fsp3) is 0. The van der Waals surface area contributed by atoms with Gasteiger partial charge < -0.3 is 10.3 Å². The van der Waals surface area contributed by atoms with Crippen LogP contribution in [0, 0.1) is 5.82 Å². The number of nitrogens with zero attached hydrogens (tertiary/aromatic N) is 4. The van der Waals surface area contributed by atoms with Gasteiger partial charge in [0.2, 0.25) is 5.95 Å². The van der Waals surface area contributed by atoms with Gasteiger partial charge in [0.15, 0.2) is 5.65 Å². The van der Waals surface area contributed by atoms with Crippen molar-refractivity contribution in [2.45, 2.75) is 0 Å². The lowest BCUT2D eigenvalue weighted by atomic mass is 10.0. The smallest absolute Gasteiger partial charge is 0.207 e. The lowest BCUT2D eigenvalue weighted by Crippen LogP contribution is -1.94. The maximum atomic E-state index is 14.5. The Morgan fingerprint density at radius 2 is 1.73 bits per heavy atom. The van der Waals surface area contributed by atoms with Crippen LogP contribution in [0.25, 0.3) is 33.5 Å². The van der Waals surface area contributed by atoms with E-state index in [1.807, 2.05) is 30.3 Å². The molecule has 0 amide bonds. The first kappa shape index (κ1) is 18.2. The molecule has 0 aliphatic carbocycles. The van der Waals surface area contributed by atoms with Gasteiger partial charge in [-0.15, -0.1) is 0 Å². The molecule has 0 unspecified atom stereocenters. The van der Waals surface area contributed by atoms with E-state index in [0.717, 1.165) is 11.3 Å². The minimum atomic E-state index is -0.428. The lowest BCUT2D eigenvalue weighted by molar-refractivity contribution is 0.625. The normalized spacial score (nSPS) is 11.0. The number of hydrogen-bond acceptors (Lipinski definition) is 5. The molecule has 0 saturated heterocycles. The van der Waals surface area contributed by atoms with Crippen molar-refractivity contribution in [2.75, 3.05) is 5.32 Å². The van der Waals surface area contributed by atoms with E-state index in [9.17, 15) is 4.39 Å². The monoisotopic (exact) mass is 416 g/mol. The van der Waals surface area contributed by atoms with Gasteiger partial charge >= 0.3 is 0 Å². The average molecular weight is 417 g/mol. The molecule has 0 bridgehead atoms. The van der Waals surface area contributed by atoms with Crippen molar-refractivity contribution in [3.63, 3.8) is 0 Å². The van der Waals surface area contributed by atoms with Gasteiger partial charge in [0.1, 0.15) is 5.82 Å². The van der Waals surface area contributed by atoms with Crippen LogP contribution in [0.3, 0.4) is 0 Å². The second-order valence-electron chi connectivity index (χ2n) is 6.57. The van der Waals surface area contributed by atoms with Crippen LogP contribution in [0.15, 0.2) is 73.3 Å². The molecular weight excluding hydrogens is 403 g/mol. The number of rotatable bonds is 4. The van der Waals surface area contributed by atoms with Crippen LogP contribution in [0.5, 0.6) is 0 Å². The highest BCUT2D eigenvalue weighted by atomic mass is 35.5. The highest BCUT2D eigenvalue weighted by molar-refractivity contribution is 6.30. The molecule has 30 heavy (non-hydrogen) atoms. The van der Waals surface area contributed by atoms with Crippen LogP contribution in [0.1, 0.15) is 0 Å². The number of hydrogen-bond donors (Lipinski definition) is 2. The first-order valence-corrected chi connectivity index (χ1v) is 9.49. The van der Waals surface area contributed by atoms with Crippen molar-refractivity contribution in [3.8, 4) is 22.4 Å². The molecule has 0 saturated carbocycles. The Bertz CT molecular complexity index is 1340. The predicted molar refractivity (Wildman–Crippen MR) is 115 cm³/mol. The zero-order chi connectivity index (χ0) is 20.5. The summed E-state index contributed by atoms with van der Waals surface area (Å²) in [5.41, 5.74) is 4.38. The molecule has 5 rings (SSSR count). The van der Waals surface area contributed by atoms with Crippen molar-refractivity contribution < 1.29 is 4.39 Å². The molecule has 0 radical (unpaired) electrons. The quantitative estimate of drug-likeness (QED) is 0.397. The van der Waals surface area contributed by atoms with Gasteiger partial charge in [0.05, 0.1) is 17.4 Å². The molecule has 4 heterocycles. The molecule has 0 aliphatic heterocycles. The Hall–Kier alpha value is -3.84. The van der Waals surface area contributed by atoms with E-state index < -0.39 is 5.82 Å². The molecule has 0 aliphatic rings. The highest BCUT2D eigenvalue weighted by Crippen LogP contribution is 2.34. The molecule has 5 aromatic rings. The number of halogens is 2. The molecule has 0 spiro atoms. The topological polar surface area (TPSA) is 79.4 Å². The maximum Gasteiger partial charge on any atom is 0.207 e. The molecule has 8 heteroatoms. The number of nitrogens with one attached hydrogen (secondary N) is 2. The highest BCUT2D eigenvalue weighted by Gasteiger charge is 2.17. The minimum absolute atomic E-state index is 0.403. The van der Waals surface area contributed by atoms with Gasteiger partial charge in [-0.2, -0.15) is 4.98 Å². The van der Waals surface area contributed by atoms with Crippen molar-refractivity contribution in [1.82, 2.24) is 24.9 Å². The van der Waals surface area contributed by atoms with Gasteiger partial charge in [-0.05, 0) is 48.5 Å². The SMILES string of the molecule is Fc1cnccc1-c1cc2[nH]c(Nc3ccc(Cl)cc3)nc2nc1-c1cccnc1. The number of imidazole rings is 1. The van der Waals surface area contributed by atoms with Crippen LogP contribution in [-0.4, -0.2) is 24.9 Å². The third-order valence-corrected chi connectivity index (χ3v) is 4.83. The molecular formula is C22H14ClFN6. The summed E-state index contributed by atoms with van der Waals surface area (Å²) >= 11 is 5.94. The fourth-order valence-electron chi connectivity index (χ4n) is 3.19. The predicted octanol–water partition coefficient (Wildman–Crippen LogP) is 5.62. The van der Waals surface area contributed by atoms with Crippen LogP contribution >= 0.6 is 11.6 Å². The Kier molecular flexibility index (Phi) is 4.57. The Morgan fingerprint density at radius 1 is 0.900 bits per heavy atom. The standard InChI is InChI=1S/C22H14ClFN6/c23-14-3-5-15(6-4-14)27-22-28-19-10-17(16-7-9-26-12-18(16)24)20(29-21(19)30-22)13-2-1-8-25-11-13/h1-12H,(H2,27,28,29,30). The van der Waals surface area contributed by atoms with Crippen molar-refractivity contribution in [3.05, 3.63) is 84.2 Å². The van der Waals surface area contributed by atoms with E-state index in [4.69, 9.17) is 16.6 Å². The van der Waals surface area contributed by atoms with E-state index in [2.05, 4.69) is 25.3 Å². The van der Waals surface area contributed by atoms with Gasteiger partial charge in [0.25, 0.3) is 0 Å². The van der Waals surface area contributed by atoms with Crippen LogP contribution < -0.4 is 5.32 Å². The summed E-state index contributed by atoms with van der Waals surface area (Å²) in [6.45, 7) is 0. The number of anilines is 2. The first-order chi connectivity index (χ1) is 14.7. The maximum absolute atomic E-state index is 14.5. The van der Waals surface area contributed by atoms with E-state index >= 15 is 0 Å². The molecule has 4 aromatic heterocycles. The fourth-order valence-corrected chi connectivity index (χ4v) is 3.32. The summed E-state index contributed by atoms with van der Waals surface area (Å²) in [6, 6.07) is 14.4. The number of benzene rings is 1. The van der Waals surface area contributed by atoms with E-state index in [1.54, 1.807) is 36.8 Å². The van der Waals surface area contributed by atoms with Crippen molar-refractivity contribution in [2.24, 2.45) is 0 Å². The average Bonchev–Trinajstić information content (AvgIpc) is 3.17. The van der Waals surface area contributed by atoms with Crippen molar-refractivity contribution in [1.29, 1.82) is 0 Å². The van der Waals surface area contributed by atoms with Gasteiger partial charge in [0, 0.05) is 46.0 Å². The zero-order valence-corrected chi connectivity index (χ0v) is 16.2. The lowest BCUT2D eigenvalue weighted by Gasteiger charge is -2.09. The second-order valence-corrected chi connectivity index (χ2v) is 7.01.